The van der Waals surface area contributed by atoms with Crippen LogP contribution in [0.5, 0.6) is 5.75 Å². The molecule has 1 heterocycles. The number of carbonyl (C=O) groups is 1. The van der Waals surface area contributed by atoms with E-state index in [9.17, 15) is 13.6 Å². The maximum Gasteiger partial charge on any atom is 0.254 e. The monoisotopic (exact) mass is 436 g/mol. The summed E-state index contributed by atoms with van der Waals surface area (Å²) >= 11 is 0. The minimum Gasteiger partial charge on any atom is -0.497 e. The van der Waals surface area contributed by atoms with E-state index in [4.69, 9.17) is 9.57 Å². The summed E-state index contributed by atoms with van der Waals surface area (Å²) in [6, 6.07) is 19.4. The molecule has 0 saturated heterocycles. The molecule has 0 bridgehead atoms. The van der Waals surface area contributed by atoms with Crippen LogP contribution >= 0.6 is 0 Å². The Hall–Kier alpha value is -3.74. The zero-order valence-electron chi connectivity index (χ0n) is 17.5. The highest BCUT2D eigenvalue weighted by atomic mass is 19.1. The van der Waals surface area contributed by atoms with E-state index in [1.165, 1.54) is 17.0 Å². The highest BCUT2D eigenvalue weighted by molar-refractivity contribution is 6.01. The number of ether oxygens (including phenoxy) is 1. The molecule has 5 nitrogen and oxygen atoms in total. The molecule has 0 saturated carbocycles. The number of amides is 1. The fraction of sp³-hybridized carbons (Fsp3) is 0.200. The zero-order valence-corrected chi connectivity index (χ0v) is 17.5. The lowest BCUT2D eigenvalue weighted by Gasteiger charge is -2.25. The largest absolute Gasteiger partial charge is 0.497 e. The molecule has 0 N–H and O–H groups in total. The Morgan fingerprint density at radius 1 is 1.03 bits per heavy atom. The van der Waals surface area contributed by atoms with Crippen molar-refractivity contribution in [2.45, 2.75) is 19.1 Å². The van der Waals surface area contributed by atoms with Crippen molar-refractivity contribution in [1.82, 2.24) is 4.90 Å². The molecular weight excluding hydrogens is 414 g/mol. The van der Waals surface area contributed by atoms with Gasteiger partial charge >= 0.3 is 0 Å². The second-order valence-electron chi connectivity index (χ2n) is 7.45. The molecule has 1 amide bonds. The SMILES string of the molecule is COc1ccc(C(=O)N(Cc2ccccc2F)CC2CC(c3ccccc3F)=NO2)cc1. The van der Waals surface area contributed by atoms with E-state index in [0.29, 0.717) is 34.6 Å². The zero-order chi connectivity index (χ0) is 22.5. The van der Waals surface area contributed by atoms with Gasteiger partial charge in [-0.1, -0.05) is 41.6 Å². The third kappa shape index (κ3) is 4.77. The standard InChI is InChI=1S/C25H22F2N2O3/c1-31-19-12-10-17(11-13-19)25(30)29(15-18-6-2-4-8-22(18)26)16-20-14-24(28-32-20)21-7-3-5-9-23(21)27/h2-13,20H,14-16H2,1H3. The van der Waals surface area contributed by atoms with Crippen LogP contribution in [0.2, 0.25) is 0 Å². The number of halogens is 2. The van der Waals surface area contributed by atoms with Crippen molar-refractivity contribution < 1.29 is 23.1 Å². The smallest absolute Gasteiger partial charge is 0.254 e. The number of benzene rings is 3. The van der Waals surface area contributed by atoms with E-state index in [2.05, 4.69) is 5.16 Å². The molecule has 0 radical (unpaired) electrons. The van der Waals surface area contributed by atoms with Crippen molar-refractivity contribution in [3.63, 3.8) is 0 Å². The summed E-state index contributed by atoms with van der Waals surface area (Å²) in [5.74, 6) is -0.424. The number of oxime groups is 1. The van der Waals surface area contributed by atoms with E-state index in [1.54, 1.807) is 67.8 Å². The fourth-order valence-corrected chi connectivity index (χ4v) is 3.59. The van der Waals surface area contributed by atoms with Crippen LogP contribution in [-0.2, 0) is 11.4 Å². The third-order valence-electron chi connectivity index (χ3n) is 5.28. The molecule has 164 valence electrons. The molecule has 4 rings (SSSR count). The molecule has 1 unspecified atom stereocenters. The first-order valence-electron chi connectivity index (χ1n) is 10.2. The molecule has 1 aliphatic heterocycles. The average Bonchev–Trinajstić information content (AvgIpc) is 3.28. The summed E-state index contributed by atoms with van der Waals surface area (Å²) in [7, 11) is 1.55. The van der Waals surface area contributed by atoms with Gasteiger partial charge in [0, 0.05) is 29.7 Å². The Morgan fingerprint density at radius 2 is 1.72 bits per heavy atom. The molecular formula is C25H22F2N2O3. The van der Waals surface area contributed by atoms with Crippen LogP contribution in [0, 0.1) is 11.6 Å². The van der Waals surface area contributed by atoms with Crippen LogP contribution in [0.15, 0.2) is 78.0 Å². The Kier molecular flexibility index (Phi) is 6.44. The molecule has 0 fully saturated rings. The maximum atomic E-state index is 14.3. The van der Waals surface area contributed by atoms with Crippen molar-refractivity contribution in [3.05, 3.63) is 101 Å². The van der Waals surface area contributed by atoms with Crippen molar-refractivity contribution >= 4 is 11.6 Å². The third-order valence-corrected chi connectivity index (χ3v) is 5.28. The molecule has 7 heteroatoms. The van der Waals surface area contributed by atoms with Gasteiger partial charge in [0.2, 0.25) is 0 Å². The lowest BCUT2D eigenvalue weighted by Crippen LogP contribution is -2.37. The van der Waals surface area contributed by atoms with Gasteiger partial charge in [0.05, 0.1) is 19.4 Å². The van der Waals surface area contributed by atoms with Gasteiger partial charge in [0.25, 0.3) is 5.91 Å². The van der Waals surface area contributed by atoms with Gasteiger partial charge in [-0.2, -0.15) is 0 Å². The lowest BCUT2D eigenvalue weighted by atomic mass is 10.0. The average molecular weight is 436 g/mol. The number of methoxy groups -OCH3 is 1. The normalized spacial score (nSPS) is 15.1. The lowest BCUT2D eigenvalue weighted by molar-refractivity contribution is 0.0403. The summed E-state index contributed by atoms with van der Waals surface area (Å²) in [5, 5.41) is 4.03. The molecule has 3 aromatic carbocycles. The summed E-state index contributed by atoms with van der Waals surface area (Å²) in [6.07, 6.45) is -0.136. The topological polar surface area (TPSA) is 51.1 Å². The quantitative estimate of drug-likeness (QED) is 0.534. The number of carbonyl (C=O) groups excluding carboxylic acids is 1. The van der Waals surface area contributed by atoms with Crippen molar-refractivity contribution in [3.8, 4) is 5.75 Å². The number of hydrogen-bond acceptors (Lipinski definition) is 4. The first-order chi connectivity index (χ1) is 15.5. The molecule has 1 aliphatic rings. The summed E-state index contributed by atoms with van der Waals surface area (Å²) in [5.41, 5.74) is 1.69. The number of rotatable bonds is 7. The van der Waals surface area contributed by atoms with Gasteiger partial charge in [-0.15, -0.1) is 0 Å². The van der Waals surface area contributed by atoms with Gasteiger partial charge in [-0.3, -0.25) is 4.79 Å². The van der Waals surface area contributed by atoms with E-state index < -0.39 is 11.9 Å². The van der Waals surface area contributed by atoms with E-state index >= 15 is 0 Å². The Labute approximate surface area is 184 Å². The summed E-state index contributed by atoms with van der Waals surface area (Å²) in [6.45, 7) is 0.229. The highest BCUT2D eigenvalue weighted by Gasteiger charge is 2.28. The molecule has 0 spiro atoms. The van der Waals surface area contributed by atoms with Gasteiger partial charge in [-0.25, -0.2) is 8.78 Å². The molecule has 0 aliphatic carbocycles. The first-order valence-corrected chi connectivity index (χ1v) is 10.2. The Balaban J connectivity index is 1.53. The second-order valence-corrected chi connectivity index (χ2v) is 7.45. The van der Waals surface area contributed by atoms with Gasteiger partial charge < -0.3 is 14.5 Å². The van der Waals surface area contributed by atoms with E-state index in [0.717, 1.165) is 0 Å². The van der Waals surface area contributed by atoms with Crippen molar-refractivity contribution in [1.29, 1.82) is 0 Å². The van der Waals surface area contributed by atoms with Crippen LogP contribution in [0.3, 0.4) is 0 Å². The van der Waals surface area contributed by atoms with Crippen LogP contribution in [-0.4, -0.2) is 36.3 Å². The van der Waals surface area contributed by atoms with Crippen molar-refractivity contribution in [2.24, 2.45) is 5.16 Å². The summed E-state index contributed by atoms with van der Waals surface area (Å²) < 4.78 is 33.6. The predicted octanol–water partition coefficient (Wildman–Crippen LogP) is 4.81. The highest BCUT2D eigenvalue weighted by Crippen LogP contribution is 2.22. The van der Waals surface area contributed by atoms with Crippen molar-refractivity contribution in [2.75, 3.05) is 13.7 Å². The molecule has 0 aromatic heterocycles. The molecule has 32 heavy (non-hydrogen) atoms. The van der Waals surface area contributed by atoms with E-state index in [1.807, 2.05) is 0 Å². The minimum absolute atomic E-state index is 0.0619. The minimum atomic E-state index is -0.474. The van der Waals surface area contributed by atoms with Crippen LogP contribution < -0.4 is 4.74 Å². The van der Waals surface area contributed by atoms with Gasteiger partial charge in [-0.05, 0) is 36.4 Å². The maximum absolute atomic E-state index is 14.3. The van der Waals surface area contributed by atoms with Gasteiger partial charge in [0.1, 0.15) is 17.4 Å². The van der Waals surface area contributed by atoms with Crippen LogP contribution in [0.4, 0.5) is 8.78 Å². The van der Waals surface area contributed by atoms with Gasteiger partial charge in [0.15, 0.2) is 6.10 Å². The first kappa shape index (κ1) is 21.5. The number of nitrogens with zero attached hydrogens (tertiary/aromatic N) is 2. The fourth-order valence-electron chi connectivity index (χ4n) is 3.59. The van der Waals surface area contributed by atoms with Crippen LogP contribution in [0.1, 0.15) is 27.9 Å². The Bertz CT molecular complexity index is 1130. The van der Waals surface area contributed by atoms with E-state index in [-0.39, 0.29) is 24.8 Å². The molecule has 1 atom stereocenters. The molecule has 3 aromatic rings. The second kappa shape index (κ2) is 9.60. The predicted molar refractivity (Wildman–Crippen MR) is 117 cm³/mol. The summed E-state index contributed by atoms with van der Waals surface area (Å²) in [4.78, 5) is 20.3. The Morgan fingerprint density at radius 3 is 2.41 bits per heavy atom. The number of hydrogen-bond donors (Lipinski definition) is 0. The van der Waals surface area contributed by atoms with Crippen LogP contribution in [0.25, 0.3) is 0 Å².